The highest BCUT2D eigenvalue weighted by molar-refractivity contribution is 5.58. The van der Waals surface area contributed by atoms with Gasteiger partial charge in [0.25, 0.3) is 0 Å². The van der Waals surface area contributed by atoms with Crippen LogP contribution in [0.25, 0.3) is 0 Å². The lowest BCUT2D eigenvalue weighted by Gasteiger charge is -2.41. The fourth-order valence-electron chi connectivity index (χ4n) is 3.18. The van der Waals surface area contributed by atoms with Gasteiger partial charge in [0.15, 0.2) is 0 Å². The van der Waals surface area contributed by atoms with Crippen molar-refractivity contribution in [3.05, 3.63) is 24.3 Å². The predicted molar refractivity (Wildman–Crippen MR) is 87.1 cm³/mol. The molecule has 1 saturated heterocycles. The SMILES string of the molecule is COc1ccccc1N(CCC#N)C[C@@]1(O)CCCN(C)C1. The first kappa shape index (κ1) is 16.6. The zero-order valence-electron chi connectivity index (χ0n) is 13.5. The Bertz CT molecular complexity index is 529. The summed E-state index contributed by atoms with van der Waals surface area (Å²) in [5.74, 6) is 0.771. The third-order valence-corrected chi connectivity index (χ3v) is 4.15. The van der Waals surface area contributed by atoms with E-state index in [0.717, 1.165) is 30.8 Å². The molecule has 0 unspecified atom stereocenters. The van der Waals surface area contributed by atoms with Gasteiger partial charge in [0.05, 0.1) is 30.9 Å². The Morgan fingerprint density at radius 1 is 1.45 bits per heavy atom. The Hall–Kier alpha value is -1.77. The molecule has 0 spiro atoms. The summed E-state index contributed by atoms with van der Waals surface area (Å²) in [5.41, 5.74) is 0.186. The molecular weight excluding hydrogens is 278 g/mol. The van der Waals surface area contributed by atoms with E-state index in [1.807, 2.05) is 31.3 Å². The molecule has 0 amide bonds. The number of β-amino-alcohol motifs (C(OH)–C–C–N with tert-alkyl or cyclic N) is 1. The number of benzene rings is 1. The van der Waals surface area contributed by atoms with E-state index in [-0.39, 0.29) is 0 Å². The molecule has 2 rings (SSSR count). The molecule has 5 nitrogen and oxygen atoms in total. The second-order valence-electron chi connectivity index (χ2n) is 6.07. The van der Waals surface area contributed by atoms with Gasteiger partial charge in [-0.05, 0) is 38.6 Å². The molecule has 22 heavy (non-hydrogen) atoms. The molecular formula is C17H25N3O2. The van der Waals surface area contributed by atoms with Crippen LogP contribution in [0, 0.1) is 11.3 Å². The summed E-state index contributed by atoms with van der Waals surface area (Å²) in [6.07, 6.45) is 2.20. The monoisotopic (exact) mass is 303 g/mol. The number of likely N-dealkylation sites (N-methyl/N-ethyl adjacent to an activating group) is 1. The van der Waals surface area contributed by atoms with Crippen molar-refractivity contribution < 1.29 is 9.84 Å². The summed E-state index contributed by atoms with van der Waals surface area (Å²) in [4.78, 5) is 4.23. The van der Waals surface area contributed by atoms with Crippen LogP contribution in [0.3, 0.4) is 0 Å². The highest BCUT2D eigenvalue weighted by Crippen LogP contribution is 2.31. The Balaban J connectivity index is 2.20. The van der Waals surface area contributed by atoms with E-state index in [4.69, 9.17) is 10.00 Å². The van der Waals surface area contributed by atoms with Gasteiger partial charge in [0.1, 0.15) is 5.75 Å². The molecule has 0 bridgehead atoms. The summed E-state index contributed by atoms with van der Waals surface area (Å²) in [5, 5.41) is 19.9. The Morgan fingerprint density at radius 3 is 2.91 bits per heavy atom. The standard InChI is InChI=1S/C17H25N3O2/c1-19-11-5-9-17(21,13-19)14-20(12-6-10-18)15-7-3-4-8-16(15)22-2/h3-4,7-8,21H,5-6,9,11-14H2,1-2H3/t17-/m1/s1. The second kappa shape index (κ2) is 7.48. The van der Waals surface area contributed by atoms with Crippen molar-refractivity contribution in [1.29, 1.82) is 5.26 Å². The smallest absolute Gasteiger partial charge is 0.142 e. The van der Waals surface area contributed by atoms with Crippen LogP contribution in [0.15, 0.2) is 24.3 Å². The first-order chi connectivity index (χ1) is 10.6. The van der Waals surface area contributed by atoms with Gasteiger partial charge in [-0.2, -0.15) is 5.26 Å². The number of anilines is 1. The molecule has 1 fully saturated rings. The minimum Gasteiger partial charge on any atom is -0.495 e. The molecule has 1 N–H and O–H groups in total. The van der Waals surface area contributed by atoms with Gasteiger partial charge < -0.3 is 19.6 Å². The number of likely N-dealkylation sites (tertiary alicyclic amines) is 1. The van der Waals surface area contributed by atoms with Crippen molar-refractivity contribution in [3.63, 3.8) is 0 Å². The lowest BCUT2D eigenvalue weighted by atomic mass is 9.92. The first-order valence-corrected chi connectivity index (χ1v) is 7.74. The summed E-state index contributed by atoms with van der Waals surface area (Å²) in [7, 11) is 3.68. The second-order valence-corrected chi connectivity index (χ2v) is 6.07. The Labute approximate surface area is 132 Å². The molecule has 0 radical (unpaired) electrons. The minimum absolute atomic E-state index is 0.421. The van der Waals surface area contributed by atoms with E-state index < -0.39 is 5.60 Å². The summed E-state index contributed by atoms with van der Waals surface area (Å²) in [6, 6.07) is 9.95. The molecule has 1 aliphatic rings. The van der Waals surface area contributed by atoms with Crippen molar-refractivity contribution in [3.8, 4) is 11.8 Å². The van der Waals surface area contributed by atoms with Crippen LogP contribution >= 0.6 is 0 Å². The number of methoxy groups -OCH3 is 1. The normalized spacial score (nSPS) is 22.1. The maximum absolute atomic E-state index is 10.9. The lowest BCUT2D eigenvalue weighted by molar-refractivity contribution is -0.0164. The third kappa shape index (κ3) is 4.12. The zero-order chi connectivity index (χ0) is 16.0. The van der Waals surface area contributed by atoms with Gasteiger partial charge >= 0.3 is 0 Å². The van der Waals surface area contributed by atoms with Crippen LogP contribution in [-0.4, -0.2) is 55.9 Å². The first-order valence-electron chi connectivity index (χ1n) is 7.74. The van der Waals surface area contributed by atoms with E-state index in [2.05, 4.69) is 15.9 Å². The van der Waals surface area contributed by atoms with Crippen LogP contribution in [0.2, 0.25) is 0 Å². The average Bonchev–Trinajstić information content (AvgIpc) is 2.51. The van der Waals surface area contributed by atoms with Crippen LogP contribution in [0.4, 0.5) is 5.69 Å². The number of aliphatic hydroxyl groups is 1. The number of nitriles is 1. The molecule has 1 heterocycles. The zero-order valence-corrected chi connectivity index (χ0v) is 13.5. The maximum Gasteiger partial charge on any atom is 0.142 e. The number of rotatable bonds is 6. The number of para-hydroxylation sites is 2. The van der Waals surface area contributed by atoms with Crippen molar-refractivity contribution in [2.75, 3.05) is 45.2 Å². The van der Waals surface area contributed by atoms with E-state index in [1.165, 1.54) is 0 Å². The quantitative estimate of drug-likeness (QED) is 0.869. The molecule has 120 valence electrons. The van der Waals surface area contributed by atoms with Gasteiger partial charge in [-0.15, -0.1) is 0 Å². The van der Waals surface area contributed by atoms with Gasteiger partial charge in [0, 0.05) is 19.6 Å². The topological polar surface area (TPSA) is 59.7 Å². The van der Waals surface area contributed by atoms with E-state index in [0.29, 0.717) is 26.1 Å². The fourth-order valence-corrected chi connectivity index (χ4v) is 3.18. The lowest BCUT2D eigenvalue weighted by Crippen LogP contribution is -2.53. The molecule has 0 saturated carbocycles. The predicted octanol–water partition coefficient (Wildman–Crippen LogP) is 1.87. The van der Waals surface area contributed by atoms with E-state index >= 15 is 0 Å². The maximum atomic E-state index is 10.9. The van der Waals surface area contributed by atoms with Crippen molar-refractivity contribution in [1.82, 2.24) is 4.90 Å². The third-order valence-electron chi connectivity index (χ3n) is 4.15. The molecule has 1 aromatic carbocycles. The molecule has 5 heteroatoms. The highest BCUT2D eigenvalue weighted by atomic mass is 16.5. The van der Waals surface area contributed by atoms with Crippen LogP contribution in [-0.2, 0) is 0 Å². The van der Waals surface area contributed by atoms with Crippen LogP contribution < -0.4 is 9.64 Å². The fraction of sp³-hybridized carbons (Fsp3) is 0.588. The summed E-state index contributed by atoms with van der Waals surface area (Å²) >= 11 is 0. The van der Waals surface area contributed by atoms with E-state index in [1.54, 1.807) is 7.11 Å². The summed E-state index contributed by atoms with van der Waals surface area (Å²) < 4.78 is 5.43. The molecule has 1 aromatic rings. The number of nitrogens with zero attached hydrogens (tertiary/aromatic N) is 3. The molecule has 0 aromatic heterocycles. The molecule has 1 atom stereocenters. The number of ether oxygens (including phenoxy) is 1. The van der Waals surface area contributed by atoms with Gasteiger partial charge in [-0.25, -0.2) is 0 Å². The number of piperidine rings is 1. The van der Waals surface area contributed by atoms with E-state index in [9.17, 15) is 5.11 Å². The molecule has 1 aliphatic heterocycles. The average molecular weight is 303 g/mol. The minimum atomic E-state index is -0.747. The Kier molecular flexibility index (Phi) is 5.64. The van der Waals surface area contributed by atoms with Crippen LogP contribution in [0.5, 0.6) is 5.75 Å². The van der Waals surface area contributed by atoms with Crippen molar-refractivity contribution in [2.24, 2.45) is 0 Å². The van der Waals surface area contributed by atoms with Gasteiger partial charge in [-0.1, -0.05) is 12.1 Å². The number of hydrogen-bond acceptors (Lipinski definition) is 5. The Morgan fingerprint density at radius 2 is 2.23 bits per heavy atom. The van der Waals surface area contributed by atoms with Crippen LogP contribution in [0.1, 0.15) is 19.3 Å². The summed E-state index contributed by atoms with van der Waals surface area (Å²) in [6.45, 7) is 2.78. The van der Waals surface area contributed by atoms with Crippen molar-refractivity contribution >= 4 is 5.69 Å². The number of hydrogen-bond donors (Lipinski definition) is 1. The molecule has 0 aliphatic carbocycles. The van der Waals surface area contributed by atoms with Gasteiger partial charge in [0.2, 0.25) is 0 Å². The van der Waals surface area contributed by atoms with Crippen molar-refractivity contribution in [2.45, 2.75) is 24.9 Å². The highest BCUT2D eigenvalue weighted by Gasteiger charge is 2.34. The largest absolute Gasteiger partial charge is 0.495 e. The van der Waals surface area contributed by atoms with Gasteiger partial charge in [-0.3, -0.25) is 0 Å².